The van der Waals surface area contributed by atoms with E-state index in [-0.39, 0.29) is 23.8 Å². The predicted molar refractivity (Wildman–Crippen MR) is 89.1 cm³/mol. The molecule has 1 heterocycles. The summed E-state index contributed by atoms with van der Waals surface area (Å²) < 4.78 is 34.3. The van der Waals surface area contributed by atoms with Crippen molar-refractivity contribution in [3.63, 3.8) is 0 Å². The molecule has 0 atom stereocenters. The minimum absolute atomic E-state index is 0.0550. The first-order chi connectivity index (χ1) is 11.8. The first kappa shape index (κ1) is 18.6. The van der Waals surface area contributed by atoms with Crippen LogP contribution < -0.4 is 9.47 Å². The Morgan fingerprint density at radius 3 is 2.68 bits per heavy atom. The number of methoxy groups -OCH3 is 1. The Kier molecular flexibility index (Phi) is 5.90. The fourth-order valence-corrected chi connectivity index (χ4v) is 2.55. The number of hydrogen-bond acceptors (Lipinski definition) is 4. The zero-order valence-corrected chi connectivity index (χ0v) is 14.5. The third-order valence-corrected chi connectivity index (χ3v) is 3.79. The van der Waals surface area contributed by atoms with Gasteiger partial charge in [0.05, 0.1) is 19.3 Å². The van der Waals surface area contributed by atoms with Crippen LogP contribution >= 0.6 is 0 Å². The topological polar surface area (TPSA) is 51.7 Å². The molecule has 0 aliphatic carbocycles. The van der Waals surface area contributed by atoms with Crippen molar-refractivity contribution in [1.82, 2.24) is 9.88 Å². The number of pyridine rings is 1. The highest BCUT2D eigenvalue weighted by atomic mass is 19.3. The summed E-state index contributed by atoms with van der Waals surface area (Å²) in [5, 5.41) is 0. The first-order valence-electron chi connectivity index (χ1n) is 7.63. The summed E-state index contributed by atoms with van der Waals surface area (Å²) in [6.45, 7) is 1.10. The van der Waals surface area contributed by atoms with Gasteiger partial charge in [0.1, 0.15) is 11.5 Å². The molecule has 0 unspecified atom stereocenters. The number of aryl methyl sites for hydroxylation is 1. The number of nitrogens with zero attached hydrogens (tertiary/aromatic N) is 2. The summed E-state index contributed by atoms with van der Waals surface area (Å²) in [5.74, 6) is 0.360. The molecule has 1 amide bonds. The van der Waals surface area contributed by atoms with E-state index in [1.165, 1.54) is 23.1 Å². The van der Waals surface area contributed by atoms with Crippen molar-refractivity contribution in [2.75, 3.05) is 14.2 Å². The van der Waals surface area contributed by atoms with Gasteiger partial charge in [-0.25, -0.2) is 0 Å². The summed E-state index contributed by atoms with van der Waals surface area (Å²) in [5.41, 5.74) is 2.74. The van der Waals surface area contributed by atoms with Gasteiger partial charge in [-0.3, -0.25) is 9.78 Å². The Morgan fingerprint density at radius 2 is 2.04 bits per heavy atom. The Labute approximate surface area is 145 Å². The van der Waals surface area contributed by atoms with Gasteiger partial charge in [-0.2, -0.15) is 8.78 Å². The van der Waals surface area contributed by atoms with Crippen LogP contribution in [0.4, 0.5) is 8.78 Å². The minimum atomic E-state index is -2.94. The monoisotopic (exact) mass is 350 g/mol. The number of alkyl halides is 2. The van der Waals surface area contributed by atoms with Gasteiger partial charge in [-0.15, -0.1) is 0 Å². The van der Waals surface area contributed by atoms with E-state index in [2.05, 4.69) is 9.72 Å². The molecule has 0 saturated heterocycles. The molecule has 2 rings (SSSR count). The standard InChI is InChI=1S/C18H20F2N2O3/c1-11-9-21-15(12(2)16(11)24-4)10-22(3)17(23)13-6-5-7-14(8-13)25-18(19)20/h5-9,18H,10H2,1-4H3. The van der Waals surface area contributed by atoms with Gasteiger partial charge in [0.15, 0.2) is 0 Å². The smallest absolute Gasteiger partial charge is 0.387 e. The number of rotatable bonds is 6. The lowest BCUT2D eigenvalue weighted by atomic mass is 10.1. The van der Waals surface area contributed by atoms with Crippen LogP contribution in [0.15, 0.2) is 30.5 Å². The van der Waals surface area contributed by atoms with Crippen molar-refractivity contribution in [2.45, 2.75) is 27.0 Å². The molecule has 25 heavy (non-hydrogen) atoms. The van der Waals surface area contributed by atoms with Gasteiger partial charge in [0.25, 0.3) is 5.91 Å². The maximum atomic E-state index is 12.5. The van der Waals surface area contributed by atoms with E-state index >= 15 is 0 Å². The van der Waals surface area contributed by atoms with Crippen LogP contribution in [0.25, 0.3) is 0 Å². The van der Waals surface area contributed by atoms with Gasteiger partial charge in [-0.05, 0) is 32.0 Å². The zero-order valence-electron chi connectivity index (χ0n) is 14.5. The van der Waals surface area contributed by atoms with E-state index in [1.807, 2.05) is 13.8 Å². The van der Waals surface area contributed by atoms with Crippen LogP contribution in [0.1, 0.15) is 27.2 Å². The number of halogens is 2. The highest BCUT2D eigenvalue weighted by Crippen LogP contribution is 2.25. The second-order valence-corrected chi connectivity index (χ2v) is 5.61. The van der Waals surface area contributed by atoms with E-state index in [0.29, 0.717) is 5.69 Å². The minimum Gasteiger partial charge on any atom is -0.496 e. The number of benzene rings is 1. The fraction of sp³-hybridized carbons (Fsp3) is 0.333. The van der Waals surface area contributed by atoms with Gasteiger partial charge < -0.3 is 14.4 Å². The van der Waals surface area contributed by atoms with Crippen LogP contribution in [-0.4, -0.2) is 36.6 Å². The quantitative estimate of drug-likeness (QED) is 0.799. The number of carbonyl (C=O) groups is 1. The summed E-state index contributed by atoms with van der Waals surface area (Å²) >= 11 is 0. The van der Waals surface area contributed by atoms with Crippen LogP contribution in [0.5, 0.6) is 11.5 Å². The van der Waals surface area contributed by atoms with Crippen LogP contribution in [-0.2, 0) is 6.54 Å². The molecule has 0 spiro atoms. The highest BCUT2D eigenvalue weighted by Gasteiger charge is 2.17. The molecule has 5 nitrogen and oxygen atoms in total. The highest BCUT2D eigenvalue weighted by molar-refractivity contribution is 5.94. The maximum Gasteiger partial charge on any atom is 0.387 e. The SMILES string of the molecule is COc1c(C)cnc(CN(C)C(=O)c2cccc(OC(F)F)c2)c1C. The lowest BCUT2D eigenvalue weighted by molar-refractivity contribution is -0.0499. The molecule has 0 saturated carbocycles. The van der Waals surface area contributed by atoms with Crippen molar-refractivity contribution in [2.24, 2.45) is 0 Å². The normalized spacial score (nSPS) is 10.7. The largest absolute Gasteiger partial charge is 0.496 e. The molecule has 0 fully saturated rings. The number of ether oxygens (including phenoxy) is 2. The third-order valence-electron chi connectivity index (χ3n) is 3.79. The van der Waals surface area contributed by atoms with E-state index in [4.69, 9.17) is 4.74 Å². The number of amides is 1. The van der Waals surface area contributed by atoms with Crippen molar-refractivity contribution in [1.29, 1.82) is 0 Å². The molecule has 7 heteroatoms. The van der Waals surface area contributed by atoms with Crippen LogP contribution in [0, 0.1) is 13.8 Å². The predicted octanol–water partition coefficient (Wildman–Crippen LogP) is 3.58. The number of carbonyl (C=O) groups excluding carboxylic acids is 1. The molecule has 134 valence electrons. The molecule has 0 N–H and O–H groups in total. The van der Waals surface area contributed by atoms with Crippen molar-refractivity contribution < 1.29 is 23.0 Å². The molecular formula is C18H20F2N2O3. The van der Waals surface area contributed by atoms with E-state index in [0.717, 1.165) is 16.9 Å². The Morgan fingerprint density at radius 1 is 1.32 bits per heavy atom. The molecule has 0 aliphatic heterocycles. The van der Waals surface area contributed by atoms with Crippen LogP contribution in [0.2, 0.25) is 0 Å². The Balaban J connectivity index is 2.18. The number of aromatic nitrogens is 1. The average molecular weight is 350 g/mol. The van der Waals surface area contributed by atoms with E-state index < -0.39 is 6.61 Å². The molecule has 1 aromatic heterocycles. The molecule has 0 radical (unpaired) electrons. The Bertz CT molecular complexity index is 766. The molecule has 1 aromatic carbocycles. The molecular weight excluding hydrogens is 330 g/mol. The molecule has 0 bridgehead atoms. The van der Waals surface area contributed by atoms with Crippen molar-refractivity contribution in [3.05, 3.63) is 52.8 Å². The molecule has 0 aliphatic rings. The summed E-state index contributed by atoms with van der Waals surface area (Å²) in [6.07, 6.45) is 1.69. The second kappa shape index (κ2) is 7.92. The lowest BCUT2D eigenvalue weighted by Crippen LogP contribution is -2.27. The lowest BCUT2D eigenvalue weighted by Gasteiger charge is -2.20. The summed E-state index contributed by atoms with van der Waals surface area (Å²) in [6, 6.07) is 5.71. The zero-order chi connectivity index (χ0) is 18.6. The second-order valence-electron chi connectivity index (χ2n) is 5.61. The van der Waals surface area contributed by atoms with Crippen molar-refractivity contribution in [3.8, 4) is 11.5 Å². The first-order valence-corrected chi connectivity index (χ1v) is 7.63. The fourth-order valence-electron chi connectivity index (χ4n) is 2.55. The average Bonchev–Trinajstić information content (AvgIpc) is 2.57. The third kappa shape index (κ3) is 4.43. The van der Waals surface area contributed by atoms with Gasteiger partial charge in [0.2, 0.25) is 0 Å². The Hall–Kier alpha value is -2.70. The summed E-state index contributed by atoms with van der Waals surface area (Å²) in [4.78, 5) is 18.4. The summed E-state index contributed by atoms with van der Waals surface area (Å²) in [7, 11) is 3.21. The van der Waals surface area contributed by atoms with Gasteiger partial charge in [0, 0.05) is 29.9 Å². The van der Waals surface area contributed by atoms with Gasteiger partial charge in [-0.1, -0.05) is 6.07 Å². The van der Waals surface area contributed by atoms with E-state index in [1.54, 1.807) is 26.4 Å². The molecule has 2 aromatic rings. The van der Waals surface area contributed by atoms with Crippen molar-refractivity contribution >= 4 is 5.91 Å². The number of hydrogen-bond donors (Lipinski definition) is 0. The van der Waals surface area contributed by atoms with Gasteiger partial charge >= 0.3 is 6.61 Å². The van der Waals surface area contributed by atoms with E-state index in [9.17, 15) is 13.6 Å². The van der Waals surface area contributed by atoms with Crippen LogP contribution in [0.3, 0.4) is 0 Å². The maximum absolute atomic E-state index is 12.5.